The van der Waals surface area contributed by atoms with Crippen LogP contribution in [-0.2, 0) is 13.5 Å². The molecule has 0 aliphatic heterocycles. The van der Waals surface area contributed by atoms with E-state index in [1.165, 1.54) is 10.9 Å². The summed E-state index contributed by atoms with van der Waals surface area (Å²) in [6.07, 6.45) is 2.89. The number of methoxy groups -OCH3 is 3. The van der Waals surface area contributed by atoms with Gasteiger partial charge in [-0.15, -0.1) is 0 Å². The van der Waals surface area contributed by atoms with Gasteiger partial charge in [-0.3, -0.25) is 4.79 Å². The van der Waals surface area contributed by atoms with Gasteiger partial charge in [0.1, 0.15) is 22.9 Å². The van der Waals surface area contributed by atoms with Gasteiger partial charge < -0.3 is 29.1 Å². The lowest BCUT2D eigenvalue weighted by Crippen LogP contribution is -2.32. The zero-order valence-electron chi connectivity index (χ0n) is 18.7. The van der Waals surface area contributed by atoms with Gasteiger partial charge >= 0.3 is 0 Å². The van der Waals surface area contributed by atoms with Gasteiger partial charge in [0.15, 0.2) is 0 Å². The molecule has 0 spiro atoms. The highest BCUT2D eigenvalue weighted by molar-refractivity contribution is 6.01. The smallest absolute Gasteiger partial charge is 0.268 e. The number of H-pyrrole nitrogens is 1. The Bertz CT molecular complexity index is 1330. The molecule has 1 atom stereocenters. The largest absolute Gasteiger partial charge is 0.497 e. The molecular formula is C25H27N3O4. The maximum absolute atomic E-state index is 13.3. The van der Waals surface area contributed by atoms with E-state index >= 15 is 0 Å². The first-order chi connectivity index (χ1) is 15.5. The third kappa shape index (κ3) is 3.16. The summed E-state index contributed by atoms with van der Waals surface area (Å²) >= 11 is 0. The summed E-state index contributed by atoms with van der Waals surface area (Å²) in [6.45, 7) is 0. The Kier molecular flexibility index (Phi) is 4.96. The molecular weight excluding hydrogens is 406 g/mol. The maximum Gasteiger partial charge on any atom is 0.268 e. The molecule has 0 saturated heterocycles. The van der Waals surface area contributed by atoms with Crippen molar-refractivity contribution in [2.45, 2.75) is 25.3 Å². The number of aryl methyl sites for hydroxylation is 2. The molecule has 1 aliphatic rings. The SMILES string of the molecule is COc1ccc2[nH]c3c(c2c1)CCC[C@H]3NC(=O)c1cc2c(OC)cc(OC)cc2n1C. The minimum atomic E-state index is -0.112. The summed E-state index contributed by atoms with van der Waals surface area (Å²) in [5.74, 6) is 2.09. The van der Waals surface area contributed by atoms with Gasteiger partial charge in [0.25, 0.3) is 5.91 Å². The molecule has 5 rings (SSSR count). The summed E-state index contributed by atoms with van der Waals surface area (Å²) in [4.78, 5) is 16.9. The predicted molar refractivity (Wildman–Crippen MR) is 124 cm³/mol. The number of hydrogen-bond acceptors (Lipinski definition) is 4. The van der Waals surface area contributed by atoms with E-state index in [1.807, 2.05) is 41.9 Å². The van der Waals surface area contributed by atoms with Crippen LogP contribution in [0.1, 0.15) is 40.6 Å². The third-order valence-electron chi connectivity index (χ3n) is 6.51. The fraction of sp³-hybridized carbons (Fsp3) is 0.320. The molecule has 0 bridgehead atoms. The average Bonchev–Trinajstić information content (AvgIpc) is 3.36. The first-order valence-electron chi connectivity index (χ1n) is 10.7. The molecule has 7 heteroatoms. The number of ether oxygens (including phenoxy) is 3. The van der Waals surface area contributed by atoms with Crippen molar-refractivity contribution in [1.29, 1.82) is 0 Å². The van der Waals surface area contributed by atoms with E-state index in [-0.39, 0.29) is 11.9 Å². The van der Waals surface area contributed by atoms with Crippen LogP contribution >= 0.6 is 0 Å². The number of nitrogens with zero attached hydrogens (tertiary/aromatic N) is 1. The lowest BCUT2D eigenvalue weighted by atomic mass is 9.91. The molecule has 2 aromatic heterocycles. The Hall–Kier alpha value is -3.61. The highest BCUT2D eigenvalue weighted by Gasteiger charge is 2.27. The monoisotopic (exact) mass is 433 g/mol. The number of nitrogens with one attached hydrogen (secondary N) is 2. The fourth-order valence-electron chi connectivity index (χ4n) is 4.82. The quantitative estimate of drug-likeness (QED) is 0.486. The van der Waals surface area contributed by atoms with Gasteiger partial charge in [-0.1, -0.05) is 0 Å². The second-order valence-electron chi connectivity index (χ2n) is 8.20. The minimum Gasteiger partial charge on any atom is -0.497 e. The molecule has 0 fully saturated rings. The van der Waals surface area contributed by atoms with Crippen molar-refractivity contribution in [1.82, 2.24) is 14.9 Å². The van der Waals surface area contributed by atoms with E-state index in [4.69, 9.17) is 14.2 Å². The highest BCUT2D eigenvalue weighted by atomic mass is 16.5. The first-order valence-corrected chi connectivity index (χ1v) is 10.7. The Balaban J connectivity index is 1.50. The van der Waals surface area contributed by atoms with Crippen molar-refractivity contribution < 1.29 is 19.0 Å². The highest BCUT2D eigenvalue weighted by Crippen LogP contribution is 2.37. The normalized spacial score (nSPS) is 15.6. The lowest BCUT2D eigenvalue weighted by Gasteiger charge is -2.24. The van der Waals surface area contributed by atoms with Crippen LogP contribution in [0.4, 0.5) is 0 Å². The summed E-state index contributed by atoms with van der Waals surface area (Å²) in [5.41, 5.74) is 4.88. The first kappa shape index (κ1) is 20.3. The topological polar surface area (TPSA) is 77.5 Å². The predicted octanol–water partition coefficient (Wildman–Crippen LogP) is 4.49. The summed E-state index contributed by atoms with van der Waals surface area (Å²) < 4.78 is 18.2. The minimum absolute atomic E-state index is 0.0703. The zero-order valence-corrected chi connectivity index (χ0v) is 18.7. The number of benzene rings is 2. The van der Waals surface area contributed by atoms with E-state index in [9.17, 15) is 4.79 Å². The zero-order chi connectivity index (χ0) is 22.4. The number of carbonyl (C=O) groups excluding carboxylic acids is 1. The van der Waals surface area contributed by atoms with Crippen molar-refractivity contribution in [3.8, 4) is 17.2 Å². The fourth-order valence-corrected chi connectivity index (χ4v) is 4.82. The molecule has 2 aromatic carbocycles. The molecule has 4 aromatic rings. The van der Waals surface area contributed by atoms with Crippen molar-refractivity contribution in [3.05, 3.63) is 53.3 Å². The van der Waals surface area contributed by atoms with E-state index in [2.05, 4.69) is 16.4 Å². The van der Waals surface area contributed by atoms with Gasteiger partial charge in [0.2, 0.25) is 0 Å². The van der Waals surface area contributed by atoms with Crippen molar-refractivity contribution >= 4 is 27.7 Å². The Morgan fingerprint density at radius 1 is 1.03 bits per heavy atom. The molecule has 0 radical (unpaired) electrons. The number of fused-ring (bicyclic) bond motifs is 4. The van der Waals surface area contributed by atoms with E-state index < -0.39 is 0 Å². The van der Waals surface area contributed by atoms with E-state index in [0.717, 1.165) is 47.1 Å². The Morgan fingerprint density at radius 2 is 1.84 bits per heavy atom. The van der Waals surface area contributed by atoms with Crippen molar-refractivity contribution in [2.75, 3.05) is 21.3 Å². The Morgan fingerprint density at radius 3 is 2.59 bits per heavy atom. The Labute approximate surface area is 186 Å². The standard InChI is InChI=1S/C25H27N3O4/c1-28-21-11-15(31-3)12-23(32-4)18(21)13-22(28)25(29)27-20-7-5-6-16-17-10-14(30-2)8-9-19(17)26-24(16)20/h8-13,20,26H,5-7H2,1-4H3,(H,27,29)/t20-/m1/s1. The summed E-state index contributed by atoms with van der Waals surface area (Å²) in [5, 5.41) is 5.30. The average molecular weight is 434 g/mol. The van der Waals surface area contributed by atoms with Gasteiger partial charge in [0, 0.05) is 41.2 Å². The van der Waals surface area contributed by atoms with Crippen molar-refractivity contribution in [3.63, 3.8) is 0 Å². The van der Waals surface area contributed by atoms with Crippen LogP contribution in [0.25, 0.3) is 21.8 Å². The van der Waals surface area contributed by atoms with Crippen molar-refractivity contribution in [2.24, 2.45) is 7.05 Å². The number of amides is 1. The lowest BCUT2D eigenvalue weighted by molar-refractivity contribution is 0.0924. The summed E-state index contributed by atoms with van der Waals surface area (Å²) in [6, 6.07) is 11.6. The molecule has 7 nitrogen and oxygen atoms in total. The molecule has 166 valence electrons. The van der Waals surface area contributed by atoms with Crippen LogP contribution in [-0.4, -0.2) is 36.8 Å². The van der Waals surface area contributed by atoms with Gasteiger partial charge in [-0.05, 0) is 49.1 Å². The number of aromatic amines is 1. The van der Waals surface area contributed by atoms with Gasteiger partial charge in [0.05, 0.1) is 32.9 Å². The summed E-state index contributed by atoms with van der Waals surface area (Å²) in [7, 11) is 6.80. The second-order valence-corrected chi connectivity index (χ2v) is 8.20. The number of rotatable bonds is 5. The van der Waals surface area contributed by atoms with Gasteiger partial charge in [-0.2, -0.15) is 0 Å². The van der Waals surface area contributed by atoms with Crippen LogP contribution in [0, 0.1) is 0 Å². The molecule has 2 N–H and O–H groups in total. The van der Waals surface area contributed by atoms with Gasteiger partial charge in [-0.25, -0.2) is 0 Å². The number of hydrogen-bond donors (Lipinski definition) is 2. The number of carbonyl (C=O) groups is 1. The number of aromatic nitrogens is 2. The van der Waals surface area contributed by atoms with Crippen LogP contribution in [0.15, 0.2) is 36.4 Å². The third-order valence-corrected chi connectivity index (χ3v) is 6.51. The molecule has 0 unspecified atom stereocenters. The van der Waals surface area contributed by atoms with Crippen LogP contribution < -0.4 is 19.5 Å². The molecule has 0 saturated carbocycles. The van der Waals surface area contributed by atoms with Crippen LogP contribution in [0.3, 0.4) is 0 Å². The van der Waals surface area contributed by atoms with Crippen LogP contribution in [0.5, 0.6) is 17.2 Å². The molecule has 1 amide bonds. The molecule has 1 aliphatic carbocycles. The van der Waals surface area contributed by atoms with E-state index in [1.54, 1.807) is 21.3 Å². The van der Waals surface area contributed by atoms with E-state index in [0.29, 0.717) is 17.2 Å². The second kappa shape index (κ2) is 7.82. The maximum atomic E-state index is 13.3. The molecule has 32 heavy (non-hydrogen) atoms. The molecule has 2 heterocycles. The van der Waals surface area contributed by atoms with Crippen LogP contribution in [0.2, 0.25) is 0 Å².